The predicted octanol–water partition coefficient (Wildman–Crippen LogP) is 4.85. The SMILES string of the molecule is C=C1C(=O)Cc2cccc(F)c2N1C1CCN(C2CCCCCCC2)CC1. The molecular formula is C23H31FN2O. The first-order valence-corrected chi connectivity index (χ1v) is 10.7. The summed E-state index contributed by atoms with van der Waals surface area (Å²) in [5, 5.41) is 0. The van der Waals surface area contributed by atoms with Crippen molar-refractivity contribution in [3.05, 3.63) is 41.9 Å². The van der Waals surface area contributed by atoms with Crippen LogP contribution in [0.3, 0.4) is 0 Å². The van der Waals surface area contributed by atoms with Gasteiger partial charge in [-0.25, -0.2) is 4.39 Å². The summed E-state index contributed by atoms with van der Waals surface area (Å²) < 4.78 is 14.6. The van der Waals surface area contributed by atoms with E-state index in [1.807, 2.05) is 11.0 Å². The number of halogens is 1. The number of fused-ring (bicyclic) bond motifs is 1. The predicted molar refractivity (Wildman–Crippen MR) is 107 cm³/mol. The van der Waals surface area contributed by atoms with E-state index in [4.69, 9.17) is 0 Å². The summed E-state index contributed by atoms with van der Waals surface area (Å²) in [5.41, 5.74) is 1.86. The summed E-state index contributed by atoms with van der Waals surface area (Å²) in [4.78, 5) is 17.0. The number of hydrogen-bond donors (Lipinski definition) is 0. The Kier molecular flexibility index (Phi) is 5.63. The second-order valence-corrected chi connectivity index (χ2v) is 8.43. The Morgan fingerprint density at radius 2 is 1.59 bits per heavy atom. The van der Waals surface area contributed by atoms with E-state index in [9.17, 15) is 9.18 Å². The van der Waals surface area contributed by atoms with Crippen LogP contribution < -0.4 is 4.90 Å². The minimum absolute atomic E-state index is 0.0237. The van der Waals surface area contributed by atoms with E-state index >= 15 is 0 Å². The van der Waals surface area contributed by atoms with Gasteiger partial charge >= 0.3 is 0 Å². The molecule has 27 heavy (non-hydrogen) atoms. The highest BCUT2D eigenvalue weighted by Gasteiger charge is 2.36. The number of allylic oxidation sites excluding steroid dienone is 1. The van der Waals surface area contributed by atoms with Crippen LogP contribution in [0.25, 0.3) is 0 Å². The quantitative estimate of drug-likeness (QED) is 0.696. The lowest BCUT2D eigenvalue weighted by molar-refractivity contribution is -0.115. The zero-order chi connectivity index (χ0) is 18.8. The Labute approximate surface area is 162 Å². The van der Waals surface area contributed by atoms with Gasteiger partial charge in [-0.05, 0) is 37.3 Å². The molecule has 1 aromatic rings. The molecule has 1 aromatic carbocycles. The minimum Gasteiger partial charge on any atom is -0.333 e. The summed E-state index contributed by atoms with van der Waals surface area (Å²) in [5.74, 6) is -0.209. The van der Waals surface area contributed by atoms with Crippen LogP contribution in [0.15, 0.2) is 30.5 Å². The number of ketones is 1. The van der Waals surface area contributed by atoms with Crippen LogP contribution in [0.5, 0.6) is 0 Å². The summed E-state index contributed by atoms with van der Waals surface area (Å²) in [6, 6.07) is 5.95. The minimum atomic E-state index is -0.233. The molecule has 0 bridgehead atoms. The lowest BCUT2D eigenvalue weighted by Gasteiger charge is -2.44. The maximum Gasteiger partial charge on any atom is 0.183 e. The number of likely N-dealkylation sites (tertiary alicyclic amines) is 1. The van der Waals surface area contributed by atoms with E-state index in [0.29, 0.717) is 17.4 Å². The molecule has 3 nitrogen and oxygen atoms in total. The number of anilines is 1. The van der Waals surface area contributed by atoms with Crippen molar-refractivity contribution in [2.24, 2.45) is 0 Å². The number of nitrogens with zero attached hydrogens (tertiary/aromatic N) is 2. The normalized spacial score (nSPS) is 23.8. The van der Waals surface area contributed by atoms with Crippen molar-refractivity contribution in [1.82, 2.24) is 4.90 Å². The maximum absolute atomic E-state index is 14.6. The third-order valence-corrected chi connectivity index (χ3v) is 6.73. The molecular weight excluding hydrogens is 339 g/mol. The molecule has 2 heterocycles. The van der Waals surface area contributed by atoms with Gasteiger partial charge in [-0.15, -0.1) is 0 Å². The third kappa shape index (κ3) is 3.82. The van der Waals surface area contributed by atoms with Crippen LogP contribution in [-0.4, -0.2) is 35.9 Å². The first kappa shape index (κ1) is 18.7. The van der Waals surface area contributed by atoms with Crippen molar-refractivity contribution >= 4 is 11.5 Å². The number of rotatable bonds is 2. The smallest absolute Gasteiger partial charge is 0.183 e. The lowest BCUT2D eigenvalue weighted by Crippen LogP contribution is -2.50. The van der Waals surface area contributed by atoms with Gasteiger partial charge in [0.15, 0.2) is 5.78 Å². The molecule has 1 saturated heterocycles. The molecule has 146 valence electrons. The zero-order valence-corrected chi connectivity index (χ0v) is 16.3. The molecule has 0 N–H and O–H groups in total. The fourth-order valence-corrected chi connectivity index (χ4v) is 5.23. The first-order valence-electron chi connectivity index (χ1n) is 10.7. The third-order valence-electron chi connectivity index (χ3n) is 6.73. The van der Waals surface area contributed by atoms with Crippen molar-refractivity contribution in [2.75, 3.05) is 18.0 Å². The van der Waals surface area contributed by atoms with Gasteiger partial charge in [0.1, 0.15) is 5.82 Å². The summed E-state index contributed by atoms with van der Waals surface area (Å²) in [6.07, 6.45) is 11.7. The molecule has 0 aromatic heterocycles. The van der Waals surface area contributed by atoms with E-state index in [0.717, 1.165) is 31.5 Å². The van der Waals surface area contributed by atoms with Crippen LogP contribution in [0.2, 0.25) is 0 Å². The van der Waals surface area contributed by atoms with E-state index in [1.165, 1.54) is 51.0 Å². The van der Waals surface area contributed by atoms with Gasteiger partial charge < -0.3 is 9.80 Å². The van der Waals surface area contributed by atoms with Crippen LogP contribution in [0.1, 0.15) is 63.4 Å². The van der Waals surface area contributed by atoms with E-state index < -0.39 is 0 Å². The molecule has 0 atom stereocenters. The number of hydrogen-bond acceptors (Lipinski definition) is 3. The Hall–Kier alpha value is -1.68. The van der Waals surface area contributed by atoms with Gasteiger partial charge in [0.25, 0.3) is 0 Å². The fraction of sp³-hybridized carbons (Fsp3) is 0.609. The van der Waals surface area contributed by atoms with Crippen molar-refractivity contribution in [3.63, 3.8) is 0 Å². The van der Waals surface area contributed by atoms with E-state index in [-0.39, 0.29) is 24.1 Å². The number of piperidine rings is 1. The Balaban J connectivity index is 1.48. The van der Waals surface area contributed by atoms with Crippen molar-refractivity contribution in [3.8, 4) is 0 Å². The monoisotopic (exact) mass is 370 g/mol. The largest absolute Gasteiger partial charge is 0.333 e. The van der Waals surface area contributed by atoms with Crippen molar-refractivity contribution in [2.45, 2.75) is 76.3 Å². The molecule has 3 aliphatic rings. The van der Waals surface area contributed by atoms with Gasteiger partial charge in [0, 0.05) is 31.6 Å². The lowest BCUT2D eigenvalue weighted by atomic mass is 9.91. The maximum atomic E-state index is 14.6. The van der Waals surface area contributed by atoms with Crippen molar-refractivity contribution < 1.29 is 9.18 Å². The van der Waals surface area contributed by atoms with Crippen LogP contribution in [0.4, 0.5) is 10.1 Å². The standard InChI is InChI=1S/C23H31FN2O/c1-17-22(27)16-18-8-7-11-21(24)23(18)26(17)20-12-14-25(15-13-20)19-9-5-3-2-4-6-10-19/h7-8,11,19-20H,1-6,9-10,12-16H2. The number of carbonyl (C=O) groups excluding carboxylic acids is 1. The van der Waals surface area contributed by atoms with Gasteiger partial charge in [-0.2, -0.15) is 0 Å². The molecule has 0 spiro atoms. The molecule has 1 saturated carbocycles. The molecule has 4 heteroatoms. The number of Topliss-reactive ketones (excluding diaryl/α,β-unsaturated/α-hetero) is 1. The molecule has 1 aliphatic carbocycles. The molecule has 4 rings (SSSR count). The summed E-state index contributed by atoms with van der Waals surface area (Å²) in [7, 11) is 0. The second-order valence-electron chi connectivity index (χ2n) is 8.43. The van der Waals surface area contributed by atoms with E-state index in [2.05, 4.69) is 11.5 Å². The molecule has 0 amide bonds. The topological polar surface area (TPSA) is 23.6 Å². The molecule has 0 radical (unpaired) electrons. The Morgan fingerprint density at radius 3 is 2.30 bits per heavy atom. The second kappa shape index (κ2) is 8.14. The van der Waals surface area contributed by atoms with Crippen LogP contribution in [-0.2, 0) is 11.2 Å². The van der Waals surface area contributed by atoms with Crippen molar-refractivity contribution in [1.29, 1.82) is 0 Å². The van der Waals surface area contributed by atoms with Gasteiger partial charge in [-0.1, -0.05) is 50.8 Å². The highest BCUT2D eigenvalue weighted by atomic mass is 19.1. The van der Waals surface area contributed by atoms with E-state index in [1.54, 1.807) is 6.07 Å². The summed E-state index contributed by atoms with van der Waals surface area (Å²) >= 11 is 0. The van der Waals surface area contributed by atoms with Crippen LogP contribution >= 0.6 is 0 Å². The van der Waals surface area contributed by atoms with Crippen LogP contribution in [0, 0.1) is 5.82 Å². The number of benzene rings is 1. The number of para-hydroxylation sites is 1. The molecule has 0 unspecified atom stereocenters. The highest BCUT2D eigenvalue weighted by Crippen LogP contribution is 2.37. The first-order chi connectivity index (χ1) is 13.1. The average Bonchev–Trinajstić information content (AvgIpc) is 2.64. The molecule has 2 fully saturated rings. The van der Waals surface area contributed by atoms with Gasteiger partial charge in [0.05, 0.1) is 11.4 Å². The summed E-state index contributed by atoms with van der Waals surface area (Å²) in [6.45, 7) is 6.10. The highest BCUT2D eigenvalue weighted by molar-refractivity contribution is 6.03. The Bertz CT molecular complexity index is 700. The average molecular weight is 371 g/mol. The Morgan fingerprint density at radius 1 is 0.926 bits per heavy atom. The van der Waals surface area contributed by atoms with Gasteiger partial charge in [0.2, 0.25) is 0 Å². The fourth-order valence-electron chi connectivity index (χ4n) is 5.23. The number of carbonyl (C=O) groups is 1. The van der Waals surface area contributed by atoms with Gasteiger partial charge in [-0.3, -0.25) is 4.79 Å². The zero-order valence-electron chi connectivity index (χ0n) is 16.3. The molecule has 2 aliphatic heterocycles.